The molecule has 0 saturated heterocycles. The highest BCUT2D eigenvalue weighted by Crippen LogP contribution is 2.22. The van der Waals surface area contributed by atoms with Crippen LogP contribution in [0.1, 0.15) is 50.5 Å². The molecule has 1 aromatic carbocycles. The van der Waals surface area contributed by atoms with E-state index in [1.165, 1.54) is 6.42 Å². The number of hydrogen-bond acceptors (Lipinski definition) is 1. The van der Waals surface area contributed by atoms with Crippen molar-refractivity contribution in [2.24, 2.45) is 5.92 Å². The zero-order valence-electron chi connectivity index (χ0n) is 12.3. The molecule has 0 radical (unpaired) electrons. The summed E-state index contributed by atoms with van der Waals surface area (Å²) >= 11 is 0. The molecule has 2 heteroatoms. The van der Waals surface area contributed by atoms with E-state index in [9.17, 15) is 4.79 Å². The van der Waals surface area contributed by atoms with Crippen LogP contribution in [0.15, 0.2) is 42.5 Å². The molecular weight excluding hydrogens is 246 g/mol. The van der Waals surface area contributed by atoms with Gasteiger partial charge in [0.1, 0.15) is 0 Å². The standard InChI is InChI=1S/C18H25NO/c1-2-9-17(16-12-7-4-8-13-16)18(20)19-14-15-10-5-3-6-11-15/h3-5,7-8,12-13,15,17H,2,6,9-11,14H2,1H3,(H,19,20). The quantitative estimate of drug-likeness (QED) is 0.777. The van der Waals surface area contributed by atoms with Gasteiger partial charge in [-0.05, 0) is 37.2 Å². The fraction of sp³-hybridized carbons (Fsp3) is 0.500. The maximum absolute atomic E-state index is 12.4. The Kier molecular flexibility index (Phi) is 5.85. The van der Waals surface area contributed by atoms with Crippen LogP contribution in [0.2, 0.25) is 0 Å². The van der Waals surface area contributed by atoms with E-state index in [1.54, 1.807) is 0 Å². The van der Waals surface area contributed by atoms with Crippen molar-refractivity contribution >= 4 is 5.91 Å². The maximum Gasteiger partial charge on any atom is 0.227 e. The van der Waals surface area contributed by atoms with Gasteiger partial charge in [0.2, 0.25) is 5.91 Å². The molecule has 0 aliphatic heterocycles. The van der Waals surface area contributed by atoms with E-state index in [0.29, 0.717) is 5.92 Å². The molecule has 1 aliphatic carbocycles. The van der Waals surface area contributed by atoms with Crippen molar-refractivity contribution in [2.75, 3.05) is 6.54 Å². The molecule has 2 atom stereocenters. The van der Waals surface area contributed by atoms with E-state index in [0.717, 1.165) is 37.8 Å². The van der Waals surface area contributed by atoms with Crippen LogP contribution in [0.4, 0.5) is 0 Å². The molecule has 0 bridgehead atoms. The molecule has 1 aliphatic rings. The van der Waals surface area contributed by atoms with Gasteiger partial charge >= 0.3 is 0 Å². The molecular formula is C18H25NO. The summed E-state index contributed by atoms with van der Waals surface area (Å²) < 4.78 is 0. The first-order valence-electron chi connectivity index (χ1n) is 7.79. The number of allylic oxidation sites excluding steroid dienone is 2. The van der Waals surface area contributed by atoms with Crippen molar-refractivity contribution in [3.63, 3.8) is 0 Å². The Morgan fingerprint density at radius 2 is 2.10 bits per heavy atom. The van der Waals surface area contributed by atoms with Gasteiger partial charge in [-0.1, -0.05) is 55.8 Å². The molecule has 0 spiro atoms. The van der Waals surface area contributed by atoms with Gasteiger partial charge in [0.05, 0.1) is 5.92 Å². The summed E-state index contributed by atoms with van der Waals surface area (Å²) in [6.45, 7) is 2.95. The van der Waals surface area contributed by atoms with E-state index >= 15 is 0 Å². The number of carbonyl (C=O) groups is 1. The van der Waals surface area contributed by atoms with Crippen molar-refractivity contribution in [3.8, 4) is 0 Å². The van der Waals surface area contributed by atoms with Crippen LogP contribution < -0.4 is 5.32 Å². The topological polar surface area (TPSA) is 29.1 Å². The zero-order chi connectivity index (χ0) is 14.2. The van der Waals surface area contributed by atoms with Crippen LogP contribution in [0, 0.1) is 5.92 Å². The van der Waals surface area contributed by atoms with Gasteiger partial charge in [0.15, 0.2) is 0 Å². The van der Waals surface area contributed by atoms with Crippen LogP contribution >= 0.6 is 0 Å². The lowest BCUT2D eigenvalue weighted by atomic mass is 9.92. The van der Waals surface area contributed by atoms with Crippen LogP contribution in [-0.2, 0) is 4.79 Å². The Morgan fingerprint density at radius 1 is 1.30 bits per heavy atom. The normalized spacial score (nSPS) is 19.6. The molecule has 2 rings (SSSR count). The SMILES string of the molecule is CCCC(C(=O)NCC1CC=CCC1)c1ccccc1. The number of hydrogen-bond donors (Lipinski definition) is 1. The fourth-order valence-electron chi connectivity index (χ4n) is 2.83. The van der Waals surface area contributed by atoms with Crippen LogP contribution in [-0.4, -0.2) is 12.5 Å². The molecule has 0 aromatic heterocycles. The highest BCUT2D eigenvalue weighted by Gasteiger charge is 2.20. The number of carbonyl (C=O) groups excluding carboxylic acids is 1. The second kappa shape index (κ2) is 7.88. The summed E-state index contributed by atoms with van der Waals surface area (Å²) in [5.74, 6) is 0.801. The third-order valence-corrected chi connectivity index (χ3v) is 4.04. The van der Waals surface area contributed by atoms with E-state index in [1.807, 2.05) is 18.2 Å². The molecule has 0 saturated carbocycles. The Bertz CT molecular complexity index is 438. The Labute approximate surface area is 122 Å². The Morgan fingerprint density at radius 3 is 2.75 bits per heavy atom. The third kappa shape index (κ3) is 4.22. The first-order chi connectivity index (χ1) is 9.81. The predicted octanol–water partition coefficient (Wildman–Crippen LogP) is 4.04. The largest absolute Gasteiger partial charge is 0.355 e. The molecule has 2 nitrogen and oxygen atoms in total. The van der Waals surface area contributed by atoms with E-state index in [-0.39, 0.29) is 11.8 Å². The van der Waals surface area contributed by atoms with Crippen LogP contribution in [0.5, 0.6) is 0 Å². The second-order valence-electron chi connectivity index (χ2n) is 5.65. The number of benzene rings is 1. The maximum atomic E-state index is 12.4. The minimum atomic E-state index is 0.000308. The minimum Gasteiger partial charge on any atom is -0.355 e. The summed E-state index contributed by atoms with van der Waals surface area (Å²) in [4.78, 5) is 12.4. The first-order valence-corrected chi connectivity index (χ1v) is 7.79. The highest BCUT2D eigenvalue weighted by molar-refractivity contribution is 5.83. The third-order valence-electron chi connectivity index (χ3n) is 4.04. The second-order valence-corrected chi connectivity index (χ2v) is 5.65. The lowest BCUT2D eigenvalue weighted by Crippen LogP contribution is -2.33. The molecule has 20 heavy (non-hydrogen) atoms. The van der Waals surface area contributed by atoms with E-state index < -0.39 is 0 Å². The highest BCUT2D eigenvalue weighted by atomic mass is 16.1. The smallest absolute Gasteiger partial charge is 0.227 e. The molecule has 1 N–H and O–H groups in total. The Balaban J connectivity index is 1.91. The minimum absolute atomic E-state index is 0.000308. The van der Waals surface area contributed by atoms with Gasteiger partial charge in [-0.2, -0.15) is 0 Å². The summed E-state index contributed by atoms with van der Waals surface area (Å²) in [5, 5.41) is 3.16. The molecule has 108 valence electrons. The molecule has 1 amide bonds. The monoisotopic (exact) mass is 271 g/mol. The Hall–Kier alpha value is -1.57. The van der Waals surface area contributed by atoms with Gasteiger partial charge in [-0.15, -0.1) is 0 Å². The van der Waals surface area contributed by atoms with Crippen LogP contribution in [0.25, 0.3) is 0 Å². The van der Waals surface area contributed by atoms with Crippen molar-refractivity contribution < 1.29 is 4.79 Å². The average molecular weight is 271 g/mol. The number of nitrogens with one attached hydrogen (secondary N) is 1. The summed E-state index contributed by atoms with van der Waals surface area (Å²) in [5.41, 5.74) is 1.13. The van der Waals surface area contributed by atoms with Crippen molar-refractivity contribution in [1.82, 2.24) is 5.32 Å². The van der Waals surface area contributed by atoms with Crippen molar-refractivity contribution in [2.45, 2.75) is 44.9 Å². The molecule has 1 aromatic rings. The van der Waals surface area contributed by atoms with E-state index in [2.05, 4.69) is 36.5 Å². The number of rotatable bonds is 6. The summed E-state index contributed by atoms with van der Waals surface area (Å²) in [6, 6.07) is 10.1. The lowest BCUT2D eigenvalue weighted by molar-refractivity contribution is -0.122. The molecule has 0 fully saturated rings. The number of amides is 1. The zero-order valence-corrected chi connectivity index (χ0v) is 12.3. The van der Waals surface area contributed by atoms with Gasteiger partial charge in [0.25, 0.3) is 0 Å². The summed E-state index contributed by atoms with van der Waals surface area (Å²) in [7, 11) is 0. The summed E-state index contributed by atoms with van der Waals surface area (Å²) in [6.07, 6.45) is 9.87. The first kappa shape index (κ1) is 14.8. The average Bonchev–Trinajstić information content (AvgIpc) is 2.52. The van der Waals surface area contributed by atoms with E-state index in [4.69, 9.17) is 0 Å². The van der Waals surface area contributed by atoms with Gasteiger partial charge < -0.3 is 5.32 Å². The van der Waals surface area contributed by atoms with Gasteiger partial charge in [0, 0.05) is 6.54 Å². The van der Waals surface area contributed by atoms with Crippen molar-refractivity contribution in [1.29, 1.82) is 0 Å². The predicted molar refractivity (Wildman–Crippen MR) is 83.6 cm³/mol. The molecule has 2 unspecified atom stereocenters. The van der Waals surface area contributed by atoms with Gasteiger partial charge in [-0.25, -0.2) is 0 Å². The van der Waals surface area contributed by atoms with Crippen LogP contribution in [0.3, 0.4) is 0 Å². The lowest BCUT2D eigenvalue weighted by Gasteiger charge is -2.21. The molecule has 0 heterocycles. The fourth-order valence-corrected chi connectivity index (χ4v) is 2.83. The van der Waals surface area contributed by atoms with Gasteiger partial charge in [-0.3, -0.25) is 4.79 Å². The van der Waals surface area contributed by atoms with Crippen molar-refractivity contribution in [3.05, 3.63) is 48.0 Å².